The molecule has 0 unspecified atom stereocenters. The van der Waals surface area contributed by atoms with Crippen LogP contribution in [-0.2, 0) is 24.2 Å². The van der Waals surface area contributed by atoms with Gasteiger partial charge in [0, 0.05) is 30.9 Å². The third kappa shape index (κ3) is 6.29. The van der Waals surface area contributed by atoms with E-state index in [1.165, 1.54) is 5.56 Å². The Kier molecular flexibility index (Phi) is 7.71. The van der Waals surface area contributed by atoms with Gasteiger partial charge in [-0.3, -0.25) is 4.79 Å². The summed E-state index contributed by atoms with van der Waals surface area (Å²) in [7, 11) is 0. The third-order valence-corrected chi connectivity index (χ3v) is 4.34. The highest BCUT2D eigenvalue weighted by atomic mass is 32.2. The van der Waals surface area contributed by atoms with Gasteiger partial charge in [0.1, 0.15) is 11.9 Å². The molecule has 1 heterocycles. The summed E-state index contributed by atoms with van der Waals surface area (Å²) < 4.78 is 0. The second-order valence-electron chi connectivity index (χ2n) is 5.55. The Bertz CT molecular complexity index is 620. The SMILES string of the molecule is CSCC[C@@H](NCc1cnc(CCc2ccccc2)nc1)C(=O)O. The molecule has 2 rings (SSSR count). The number of hydrogen-bond donors (Lipinski definition) is 2. The number of nitrogens with zero attached hydrogens (tertiary/aromatic N) is 2. The summed E-state index contributed by atoms with van der Waals surface area (Å²) in [6.07, 6.45) is 7.83. The lowest BCUT2D eigenvalue weighted by atomic mass is 10.1. The topological polar surface area (TPSA) is 75.1 Å². The Hall–Kier alpha value is -1.92. The number of thioether (sulfide) groups is 1. The van der Waals surface area contributed by atoms with Gasteiger partial charge in [-0.2, -0.15) is 11.8 Å². The average Bonchev–Trinajstić information content (AvgIpc) is 2.61. The van der Waals surface area contributed by atoms with Crippen LogP contribution in [0.25, 0.3) is 0 Å². The molecule has 0 spiro atoms. The number of hydrogen-bond acceptors (Lipinski definition) is 5. The maximum absolute atomic E-state index is 11.2. The lowest BCUT2D eigenvalue weighted by Gasteiger charge is -2.13. The van der Waals surface area contributed by atoms with Crippen molar-refractivity contribution in [3.05, 3.63) is 59.7 Å². The number of rotatable bonds is 10. The van der Waals surface area contributed by atoms with E-state index in [-0.39, 0.29) is 0 Å². The smallest absolute Gasteiger partial charge is 0.320 e. The molecule has 0 radical (unpaired) electrons. The molecule has 0 aliphatic rings. The number of aliphatic carboxylic acids is 1. The van der Waals surface area contributed by atoms with E-state index in [4.69, 9.17) is 0 Å². The normalized spacial score (nSPS) is 12.0. The van der Waals surface area contributed by atoms with Crippen LogP contribution in [-0.4, -0.2) is 39.1 Å². The van der Waals surface area contributed by atoms with Crippen molar-refractivity contribution in [2.75, 3.05) is 12.0 Å². The molecular weight excluding hydrogens is 322 g/mol. The number of carboxylic acid groups (broad SMARTS) is 1. The van der Waals surface area contributed by atoms with Crippen LogP contribution in [0.3, 0.4) is 0 Å². The quantitative estimate of drug-likeness (QED) is 0.689. The fourth-order valence-corrected chi connectivity index (χ4v) is 2.76. The molecule has 6 heteroatoms. The first-order valence-electron chi connectivity index (χ1n) is 7.98. The van der Waals surface area contributed by atoms with E-state index in [1.54, 1.807) is 24.2 Å². The van der Waals surface area contributed by atoms with E-state index in [1.807, 2.05) is 24.5 Å². The van der Waals surface area contributed by atoms with Gasteiger partial charge in [-0.25, -0.2) is 9.97 Å². The lowest BCUT2D eigenvalue weighted by Crippen LogP contribution is -2.36. The molecule has 1 aromatic carbocycles. The summed E-state index contributed by atoms with van der Waals surface area (Å²) >= 11 is 1.65. The van der Waals surface area contributed by atoms with Crippen LogP contribution in [0, 0.1) is 0 Å². The Labute approximate surface area is 146 Å². The Morgan fingerprint density at radius 3 is 2.50 bits per heavy atom. The van der Waals surface area contributed by atoms with E-state index in [2.05, 4.69) is 27.4 Å². The van der Waals surface area contributed by atoms with Crippen LogP contribution in [0.15, 0.2) is 42.7 Å². The zero-order chi connectivity index (χ0) is 17.2. The molecule has 0 aliphatic heterocycles. The van der Waals surface area contributed by atoms with Crippen LogP contribution in [0.5, 0.6) is 0 Å². The molecule has 0 saturated heterocycles. The second-order valence-corrected chi connectivity index (χ2v) is 6.53. The van der Waals surface area contributed by atoms with E-state index in [0.717, 1.165) is 30.0 Å². The fraction of sp³-hybridized carbons (Fsp3) is 0.389. The van der Waals surface area contributed by atoms with Crippen molar-refractivity contribution in [2.45, 2.75) is 31.8 Å². The first-order chi connectivity index (χ1) is 11.7. The number of nitrogens with one attached hydrogen (secondary N) is 1. The van der Waals surface area contributed by atoms with Gasteiger partial charge in [-0.15, -0.1) is 0 Å². The monoisotopic (exact) mass is 345 g/mol. The molecule has 0 saturated carbocycles. The standard InChI is InChI=1S/C18H23N3O2S/c1-24-10-9-16(18(22)23)19-11-15-12-20-17(21-13-15)8-7-14-5-3-2-4-6-14/h2-6,12-13,16,19H,7-11H2,1H3,(H,22,23)/t16-/m1/s1. The summed E-state index contributed by atoms with van der Waals surface area (Å²) in [6, 6.07) is 9.72. The molecule has 128 valence electrons. The Morgan fingerprint density at radius 1 is 1.17 bits per heavy atom. The minimum atomic E-state index is -0.815. The van der Waals surface area contributed by atoms with Crippen LogP contribution in [0.4, 0.5) is 0 Å². The zero-order valence-corrected chi connectivity index (χ0v) is 14.6. The van der Waals surface area contributed by atoms with Gasteiger partial charge in [0.25, 0.3) is 0 Å². The molecule has 2 N–H and O–H groups in total. The lowest BCUT2D eigenvalue weighted by molar-refractivity contribution is -0.139. The largest absolute Gasteiger partial charge is 0.480 e. The summed E-state index contributed by atoms with van der Waals surface area (Å²) in [5.41, 5.74) is 2.17. The van der Waals surface area contributed by atoms with E-state index in [0.29, 0.717) is 13.0 Å². The van der Waals surface area contributed by atoms with Gasteiger partial charge >= 0.3 is 5.97 Å². The van der Waals surface area contributed by atoms with Gasteiger partial charge in [0.2, 0.25) is 0 Å². The summed E-state index contributed by atoms with van der Waals surface area (Å²) in [5, 5.41) is 12.3. The first kappa shape index (κ1) is 18.4. The van der Waals surface area contributed by atoms with E-state index in [9.17, 15) is 9.90 Å². The zero-order valence-electron chi connectivity index (χ0n) is 13.8. The summed E-state index contributed by atoms with van der Waals surface area (Å²) in [6.45, 7) is 0.463. The molecule has 1 atom stereocenters. The van der Waals surface area contributed by atoms with Crippen molar-refractivity contribution in [3.8, 4) is 0 Å². The van der Waals surface area contributed by atoms with Crippen LogP contribution >= 0.6 is 11.8 Å². The van der Waals surface area contributed by atoms with Gasteiger partial charge in [-0.05, 0) is 30.4 Å². The fourth-order valence-electron chi connectivity index (χ4n) is 2.29. The van der Waals surface area contributed by atoms with Gasteiger partial charge in [0.15, 0.2) is 0 Å². The van der Waals surface area contributed by atoms with Crippen LogP contribution in [0.2, 0.25) is 0 Å². The highest BCUT2D eigenvalue weighted by molar-refractivity contribution is 7.98. The molecule has 0 amide bonds. The van der Waals surface area contributed by atoms with Crippen molar-refractivity contribution in [2.24, 2.45) is 0 Å². The minimum Gasteiger partial charge on any atom is -0.480 e. The molecule has 0 fully saturated rings. The predicted octanol–water partition coefficient (Wildman–Crippen LogP) is 2.56. The maximum Gasteiger partial charge on any atom is 0.320 e. The van der Waals surface area contributed by atoms with Crippen molar-refractivity contribution >= 4 is 17.7 Å². The summed E-state index contributed by atoms with van der Waals surface area (Å²) in [4.78, 5) is 19.9. The highest BCUT2D eigenvalue weighted by Crippen LogP contribution is 2.06. The van der Waals surface area contributed by atoms with E-state index >= 15 is 0 Å². The van der Waals surface area contributed by atoms with Crippen molar-refractivity contribution in [1.82, 2.24) is 15.3 Å². The van der Waals surface area contributed by atoms with Crippen LogP contribution < -0.4 is 5.32 Å². The predicted molar refractivity (Wildman–Crippen MR) is 97.1 cm³/mol. The number of aryl methyl sites for hydroxylation is 2. The third-order valence-electron chi connectivity index (χ3n) is 3.70. The molecule has 0 bridgehead atoms. The molecular formula is C18H23N3O2S. The van der Waals surface area contributed by atoms with Gasteiger partial charge in [0.05, 0.1) is 0 Å². The number of benzene rings is 1. The molecule has 0 aliphatic carbocycles. The Morgan fingerprint density at radius 2 is 1.88 bits per heavy atom. The van der Waals surface area contributed by atoms with Crippen LogP contribution in [0.1, 0.15) is 23.4 Å². The van der Waals surface area contributed by atoms with Crippen molar-refractivity contribution in [3.63, 3.8) is 0 Å². The second kappa shape index (κ2) is 10.1. The molecule has 5 nitrogen and oxygen atoms in total. The first-order valence-corrected chi connectivity index (χ1v) is 9.37. The van der Waals surface area contributed by atoms with Gasteiger partial charge in [-0.1, -0.05) is 30.3 Å². The number of carbonyl (C=O) groups is 1. The molecule has 1 aromatic heterocycles. The highest BCUT2D eigenvalue weighted by Gasteiger charge is 2.15. The van der Waals surface area contributed by atoms with Crippen molar-refractivity contribution < 1.29 is 9.90 Å². The average molecular weight is 345 g/mol. The molecule has 24 heavy (non-hydrogen) atoms. The molecule has 2 aromatic rings. The van der Waals surface area contributed by atoms with Crippen molar-refractivity contribution in [1.29, 1.82) is 0 Å². The minimum absolute atomic E-state index is 0.463. The van der Waals surface area contributed by atoms with E-state index < -0.39 is 12.0 Å². The number of aromatic nitrogens is 2. The maximum atomic E-state index is 11.2. The number of carboxylic acids is 1. The Balaban J connectivity index is 1.81. The van der Waals surface area contributed by atoms with Gasteiger partial charge < -0.3 is 10.4 Å². The summed E-state index contributed by atoms with van der Waals surface area (Å²) in [5.74, 6) is 0.808.